The summed E-state index contributed by atoms with van der Waals surface area (Å²) in [5.41, 5.74) is 2.02. The Morgan fingerprint density at radius 3 is 2.65 bits per heavy atom. The van der Waals surface area contributed by atoms with Crippen LogP contribution in [0.5, 0.6) is 0 Å². The normalized spacial score (nSPS) is 10.6. The highest BCUT2D eigenvalue weighted by Gasteiger charge is 2.17. The molecule has 0 unspecified atom stereocenters. The van der Waals surface area contributed by atoms with E-state index in [0.29, 0.717) is 11.3 Å². The molecule has 0 fully saturated rings. The molecule has 0 aliphatic carbocycles. The SMILES string of the molecule is Cc1noc(C)c1CC(=O)N(C)Cc1ccccc1F. The first kappa shape index (κ1) is 14.2. The van der Waals surface area contributed by atoms with E-state index in [4.69, 9.17) is 4.52 Å². The van der Waals surface area contributed by atoms with Gasteiger partial charge < -0.3 is 9.42 Å². The number of hydrogen-bond acceptors (Lipinski definition) is 3. The lowest BCUT2D eigenvalue weighted by Crippen LogP contribution is -2.28. The van der Waals surface area contributed by atoms with Crippen LogP contribution < -0.4 is 0 Å². The van der Waals surface area contributed by atoms with Gasteiger partial charge in [-0.2, -0.15) is 0 Å². The van der Waals surface area contributed by atoms with Crippen molar-refractivity contribution in [3.05, 3.63) is 52.7 Å². The van der Waals surface area contributed by atoms with Gasteiger partial charge in [-0.1, -0.05) is 23.4 Å². The van der Waals surface area contributed by atoms with Gasteiger partial charge in [-0.05, 0) is 19.9 Å². The fourth-order valence-corrected chi connectivity index (χ4v) is 2.01. The van der Waals surface area contributed by atoms with Gasteiger partial charge in [-0.15, -0.1) is 0 Å². The van der Waals surface area contributed by atoms with Crippen molar-refractivity contribution in [2.24, 2.45) is 0 Å². The molecule has 1 heterocycles. The van der Waals surface area contributed by atoms with Crippen LogP contribution >= 0.6 is 0 Å². The van der Waals surface area contributed by atoms with Crippen molar-refractivity contribution in [3.8, 4) is 0 Å². The molecule has 5 heteroatoms. The van der Waals surface area contributed by atoms with Gasteiger partial charge in [0.15, 0.2) is 0 Å². The first-order valence-electron chi connectivity index (χ1n) is 6.38. The molecule has 0 N–H and O–H groups in total. The molecule has 2 rings (SSSR count). The Morgan fingerprint density at radius 1 is 1.35 bits per heavy atom. The lowest BCUT2D eigenvalue weighted by Gasteiger charge is -2.17. The monoisotopic (exact) mass is 276 g/mol. The number of benzene rings is 1. The number of aryl methyl sites for hydroxylation is 2. The second kappa shape index (κ2) is 5.86. The third-order valence-electron chi connectivity index (χ3n) is 3.30. The molecule has 0 aliphatic rings. The summed E-state index contributed by atoms with van der Waals surface area (Å²) in [5.74, 6) is 0.252. The van der Waals surface area contributed by atoms with Crippen molar-refractivity contribution in [2.45, 2.75) is 26.8 Å². The van der Waals surface area contributed by atoms with Crippen molar-refractivity contribution in [3.63, 3.8) is 0 Å². The molecule has 2 aromatic rings. The van der Waals surface area contributed by atoms with E-state index in [1.165, 1.54) is 11.0 Å². The zero-order valence-electron chi connectivity index (χ0n) is 11.8. The van der Waals surface area contributed by atoms with E-state index in [0.717, 1.165) is 11.3 Å². The minimum Gasteiger partial charge on any atom is -0.361 e. The minimum absolute atomic E-state index is 0.0948. The number of likely N-dealkylation sites (N-methyl/N-ethyl adjacent to an activating group) is 1. The van der Waals surface area contributed by atoms with Gasteiger partial charge in [-0.25, -0.2) is 4.39 Å². The molecule has 106 valence electrons. The zero-order valence-corrected chi connectivity index (χ0v) is 11.8. The van der Waals surface area contributed by atoms with Crippen LogP contribution in [-0.2, 0) is 17.8 Å². The fourth-order valence-electron chi connectivity index (χ4n) is 2.01. The number of rotatable bonds is 4. The third kappa shape index (κ3) is 3.04. The van der Waals surface area contributed by atoms with Crippen LogP contribution in [0.1, 0.15) is 22.6 Å². The summed E-state index contributed by atoms with van der Waals surface area (Å²) in [6, 6.07) is 6.45. The molecule has 0 radical (unpaired) electrons. The smallest absolute Gasteiger partial charge is 0.227 e. The second-order valence-electron chi connectivity index (χ2n) is 4.82. The van der Waals surface area contributed by atoms with Gasteiger partial charge in [0, 0.05) is 24.7 Å². The average Bonchev–Trinajstić information content (AvgIpc) is 2.73. The maximum absolute atomic E-state index is 13.6. The van der Waals surface area contributed by atoms with Gasteiger partial charge >= 0.3 is 0 Å². The maximum atomic E-state index is 13.6. The molecule has 0 spiro atoms. The van der Waals surface area contributed by atoms with E-state index in [1.807, 2.05) is 0 Å². The summed E-state index contributed by atoms with van der Waals surface area (Å²) >= 11 is 0. The summed E-state index contributed by atoms with van der Waals surface area (Å²) in [6.45, 7) is 3.82. The van der Waals surface area contributed by atoms with Crippen molar-refractivity contribution in [1.82, 2.24) is 10.1 Å². The van der Waals surface area contributed by atoms with Crippen LogP contribution in [0.25, 0.3) is 0 Å². The van der Waals surface area contributed by atoms with Crippen molar-refractivity contribution in [1.29, 1.82) is 0 Å². The molecular weight excluding hydrogens is 259 g/mol. The van der Waals surface area contributed by atoms with Gasteiger partial charge in [0.1, 0.15) is 11.6 Å². The largest absolute Gasteiger partial charge is 0.361 e. The van der Waals surface area contributed by atoms with E-state index >= 15 is 0 Å². The lowest BCUT2D eigenvalue weighted by atomic mass is 10.1. The van der Waals surface area contributed by atoms with E-state index in [-0.39, 0.29) is 24.7 Å². The summed E-state index contributed by atoms with van der Waals surface area (Å²) in [5, 5.41) is 3.82. The van der Waals surface area contributed by atoms with Crippen molar-refractivity contribution >= 4 is 5.91 Å². The summed E-state index contributed by atoms with van der Waals surface area (Å²) in [6.07, 6.45) is 0.214. The summed E-state index contributed by atoms with van der Waals surface area (Å²) < 4.78 is 18.6. The maximum Gasteiger partial charge on any atom is 0.227 e. The first-order chi connectivity index (χ1) is 9.49. The highest BCUT2D eigenvalue weighted by atomic mass is 19.1. The second-order valence-corrected chi connectivity index (χ2v) is 4.82. The summed E-state index contributed by atoms with van der Waals surface area (Å²) in [7, 11) is 1.66. The standard InChI is InChI=1S/C15H17FN2O2/c1-10-13(11(2)20-17-10)8-15(19)18(3)9-12-6-4-5-7-14(12)16/h4-7H,8-9H2,1-3H3. The Hall–Kier alpha value is -2.17. The molecule has 0 saturated carbocycles. The summed E-state index contributed by atoms with van der Waals surface area (Å²) in [4.78, 5) is 13.7. The number of nitrogens with zero attached hydrogens (tertiary/aromatic N) is 2. The highest BCUT2D eigenvalue weighted by Crippen LogP contribution is 2.15. The predicted octanol–water partition coefficient (Wildman–Crippen LogP) is 2.63. The average molecular weight is 276 g/mol. The molecule has 0 saturated heterocycles. The molecular formula is C15H17FN2O2. The van der Waals surface area contributed by atoms with Crippen LogP contribution in [0.15, 0.2) is 28.8 Å². The zero-order chi connectivity index (χ0) is 14.7. The number of carbonyl (C=O) groups is 1. The van der Waals surface area contributed by atoms with Crippen molar-refractivity contribution < 1.29 is 13.7 Å². The molecule has 0 aliphatic heterocycles. The third-order valence-corrected chi connectivity index (χ3v) is 3.30. The number of amides is 1. The Bertz CT molecular complexity index is 603. The predicted molar refractivity (Wildman–Crippen MR) is 72.6 cm³/mol. The first-order valence-corrected chi connectivity index (χ1v) is 6.38. The van der Waals surface area contributed by atoms with E-state index < -0.39 is 0 Å². The fraction of sp³-hybridized carbons (Fsp3) is 0.333. The Balaban J connectivity index is 2.05. The quantitative estimate of drug-likeness (QED) is 0.862. The van der Waals surface area contributed by atoms with E-state index in [1.54, 1.807) is 39.1 Å². The number of hydrogen-bond donors (Lipinski definition) is 0. The molecule has 1 aromatic heterocycles. The molecule has 20 heavy (non-hydrogen) atoms. The van der Waals surface area contributed by atoms with Crippen LogP contribution in [0, 0.1) is 19.7 Å². The molecule has 0 atom stereocenters. The molecule has 4 nitrogen and oxygen atoms in total. The number of carbonyl (C=O) groups excluding carboxylic acids is 1. The van der Waals surface area contributed by atoms with Gasteiger partial charge in [0.25, 0.3) is 0 Å². The minimum atomic E-state index is -0.301. The lowest BCUT2D eigenvalue weighted by molar-refractivity contribution is -0.129. The van der Waals surface area contributed by atoms with Crippen molar-refractivity contribution in [2.75, 3.05) is 7.05 Å². The molecule has 1 aromatic carbocycles. The Morgan fingerprint density at radius 2 is 2.05 bits per heavy atom. The Kier molecular flexibility index (Phi) is 4.17. The highest BCUT2D eigenvalue weighted by molar-refractivity contribution is 5.79. The number of halogens is 1. The van der Waals surface area contributed by atoms with Gasteiger partial charge in [-0.3, -0.25) is 4.79 Å². The van der Waals surface area contributed by atoms with Crippen LogP contribution in [0.3, 0.4) is 0 Å². The van der Waals surface area contributed by atoms with Gasteiger partial charge in [0.2, 0.25) is 5.91 Å². The molecule has 0 bridgehead atoms. The van der Waals surface area contributed by atoms with Crippen LogP contribution in [-0.4, -0.2) is 23.0 Å². The number of aromatic nitrogens is 1. The molecule has 1 amide bonds. The van der Waals surface area contributed by atoms with E-state index in [9.17, 15) is 9.18 Å². The van der Waals surface area contributed by atoms with Crippen LogP contribution in [0.2, 0.25) is 0 Å². The van der Waals surface area contributed by atoms with Gasteiger partial charge in [0.05, 0.1) is 12.1 Å². The van der Waals surface area contributed by atoms with Crippen LogP contribution in [0.4, 0.5) is 4.39 Å². The Labute approximate surface area is 117 Å². The topological polar surface area (TPSA) is 46.3 Å². The van der Waals surface area contributed by atoms with E-state index in [2.05, 4.69) is 5.16 Å².